The molecule has 0 aliphatic carbocycles. The fourth-order valence-corrected chi connectivity index (χ4v) is 2.39. The topological polar surface area (TPSA) is 29.9 Å². The van der Waals surface area contributed by atoms with Crippen LogP contribution in [-0.2, 0) is 19.9 Å². The Morgan fingerprint density at radius 2 is 1.95 bits per heavy atom. The summed E-state index contributed by atoms with van der Waals surface area (Å²) >= 11 is 0. The van der Waals surface area contributed by atoms with Crippen molar-refractivity contribution in [1.29, 1.82) is 0 Å². The first-order chi connectivity index (χ1) is 9.63. The quantitative estimate of drug-likeness (QED) is 0.878. The molecule has 20 heavy (non-hydrogen) atoms. The first-order valence-corrected chi connectivity index (χ1v) is 7.14. The van der Waals surface area contributed by atoms with Crippen LogP contribution in [0, 0.1) is 5.82 Å². The molecule has 2 rings (SSSR count). The van der Waals surface area contributed by atoms with Gasteiger partial charge in [-0.25, -0.2) is 4.39 Å². The van der Waals surface area contributed by atoms with Gasteiger partial charge < -0.3 is 5.32 Å². The van der Waals surface area contributed by atoms with Gasteiger partial charge in [0.05, 0.1) is 5.69 Å². The standard InChI is InChI=1S/C16H22FN3/c1-4-14-10-15(20(3)19-14)11-16(18-5-2)12-6-8-13(17)9-7-12/h6-10,16,18H,4-5,11H2,1-3H3. The van der Waals surface area contributed by atoms with Crippen LogP contribution in [0.2, 0.25) is 0 Å². The highest BCUT2D eigenvalue weighted by atomic mass is 19.1. The minimum absolute atomic E-state index is 0.181. The molecule has 1 unspecified atom stereocenters. The third-order valence-electron chi connectivity index (χ3n) is 3.53. The Labute approximate surface area is 119 Å². The second-order valence-corrected chi connectivity index (χ2v) is 4.97. The Bertz CT molecular complexity index is 545. The van der Waals surface area contributed by atoms with Gasteiger partial charge in [-0.1, -0.05) is 26.0 Å². The second kappa shape index (κ2) is 6.66. The molecule has 0 radical (unpaired) electrons. The first-order valence-electron chi connectivity index (χ1n) is 7.14. The molecule has 2 aromatic rings. The molecule has 0 amide bonds. The third-order valence-corrected chi connectivity index (χ3v) is 3.53. The molecule has 0 fully saturated rings. The van der Waals surface area contributed by atoms with E-state index in [4.69, 9.17) is 0 Å². The van der Waals surface area contributed by atoms with Gasteiger partial charge in [0.1, 0.15) is 5.82 Å². The number of likely N-dealkylation sites (N-methyl/N-ethyl adjacent to an activating group) is 1. The molecule has 1 aromatic heterocycles. The van der Waals surface area contributed by atoms with Crippen molar-refractivity contribution in [3.05, 3.63) is 53.1 Å². The van der Waals surface area contributed by atoms with E-state index in [-0.39, 0.29) is 11.9 Å². The summed E-state index contributed by atoms with van der Waals surface area (Å²) in [7, 11) is 1.97. The van der Waals surface area contributed by atoms with Gasteiger partial charge in [0.2, 0.25) is 0 Å². The van der Waals surface area contributed by atoms with E-state index in [0.717, 1.165) is 30.6 Å². The number of benzene rings is 1. The van der Waals surface area contributed by atoms with E-state index in [1.54, 1.807) is 0 Å². The Hall–Kier alpha value is -1.68. The summed E-state index contributed by atoms with van der Waals surface area (Å²) in [5.74, 6) is -0.196. The van der Waals surface area contributed by atoms with Gasteiger partial charge in [-0.3, -0.25) is 4.68 Å². The summed E-state index contributed by atoms with van der Waals surface area (Å²) in [5.41, 5.74) is 3.40. The Kier molecular flexibility index (Phi) is 4.90. The minimum Gasteiger partial charge on any atom is -0.310 e. The van der Waals surface area contributed by atoms with Gasteiger partial charge in [-0.15, -0.1) is 0 Å². The summed E-state index contributed by atoms with van der Waals surface area (Å²) in [5, 5.41) is 7.94. The van der Waals surface area contributed by atoms with E-state index in [1.807, 2.05) is 23.9 Å². The Morgan fingerprint density at radius 1 is 1.25 bits per heavy atom. The molecule has 1 N–H and O–H groups in total. The van der Waals surface area contributed by atoms with Crippen molar-refractivity contribution in [3.8, 4) is 0 Å². The second-order valence-electron chi connectivity index (χ2n) is 4.97. The number of halogens is 1. The zero-order chi connectivity index (χ0) is 14.5. The number of aryl methyl sites for hydroxylation is 2. The van der Waals surface area contributed by atoms with Gasteiger partial charge in [0.25, 0.3) is 0 Å². The molecule has 0 saturated heterocycles. The van der Waals surface area contributed by atoms with Crippen molar-refractivity contribution in [2.24, 2.45) is 7.05 Å². The number of hydrogen-bond donors (Lipinski definition) is 1. The molecule has 0 aliphatic heterocycles. The van der Waals surface area contributed by atoms with E-state index in [2.05, 4.69) is 30.3 Å². The third kappa shape index (κ3) is 3.45. The largest absolute Gasteiger partial charge is 0.310 e. The van der Waals surface area contributed by atoms with E-state index < -0.39 is 0 Å². The molecule has 108 valence electrons. The van der Waals surface area contributed by atoms with Gasteiger partial charge in [-0.2, -0.15) is 5.10 Å². The fraction of sp³-hybridized carbons (Fsp3) is 0.438. The van der Waals surface area contributed by atoms with Gasteiger partial charge >= 0.3 is 0 Å². The molecule has 3 nitrogen and oxygen atoms in total. The average Bonchev–Trinajstić information content (AvgIpc) is 2.80. The van der Waals surface area contributed by atoms with Gasteiger partial charge in [0.15, 0.2) is 0 Å². The van der Waals surface area contributed by atoms with Crippen molar-refractivity contribution >= 4 is 0 Å². The molecule has 1 heterocycles. The Morgan fingerprint density at radius 3 is 2.50 bits per heavy atom. The molecule has 1 aromatic carbocycles. The van der Waals surface area contributed by atoms with Crippen LogP contribution in [0.1, 0.15) is 36.8 Å². The van der Waals surface area contributed by atoms with Crippen LogP contribution >= 0.6 is 0 Å². The number of rotatable bonds is 6. The lowest BCUT2D eigenvalue weighted by Crippen LogP contribution is -2.23. The zero-order valence-corrected chi connectivity index (χ0v) is 12.4. The van der Waals surface area contributed by atoms with E-state index >= 15 is 0 Å². The highest BCUT2D eigenvalue weighted by Crippen LogP contribution is 2.19. The van der Waals surface area contributed by atoms with E-state index in [9.17, 15) is 4.39 Å². The lowest BCUT2D eigenvalue weighted by atomic mass is 10.0. The Balaban J connectivity index is 2.20. The van der Waals surface area contributed by atoms with Crippen LogP contribution < -0.4 is 5.32 Å². The van der Waals surface area contributed by atoms with Crippen molar-refractivity contribution in [1.82, 2.24) is 15.1 Å². The minimum atomic E-state index is -0.196. The summed E-state index contributed by atoms with van der Waals surface area (Å²) in [6.45, 7) is 5.06. The number of aromatic nitrogens is 2. The van der Waals surface area contributed by atoms with Gasteiger partial charge in [0, 0.05) is 25.2 Å². The lowest BCUT2D eigenvalue weighted by molar-refractivity contribution is 0.527. The monoisotopic (exact) mass is 275 g/mol. The fourth-order valence-electron chi connectivity index (χ4n) is 2.39. The summed E-state index contributed by atoms with van der Waals surface area (Å²) in [6, 6.07) is 9.05. The van der Waals surface area contributed by atoms with Crippen molar-refractivity contribution < 1.29 is 4.39 Å². The SMILES string of the molecule is CCNC(Cc1cc(CC)nn1C)c1ccc(F)cc1. The van der Waals surface area contributed by atoms with E-state index in [1.165, 1.54) is 17.8 Å². The van der Waals surface area contributed by atoms with Crippen LogP contribution in [0.15, 0.2) is 30.3 Å². The molecule has 0 bridgehead atoms. The maximum atomic E-state index is 13.0. The molecule has 4 heteroatoms. The molecular weight excluding hydrogens is 253 g/mol. The highest BCUT2D eigenvalue weighted by Gasteiger charge is 2.14. The number of nitrogens with one attached hydrogen (secondary N) is 1. The summed E-state index contributed by atoms with van der Waals surface area (Å²) in [4.78, 5) is 0. The van der Waals surface area contributed by atoms with Crippen LogP contribution in [-0.4, -0.2) is 16.3 Å². The van der Waals surface area contributed by atoms with Gasteiger partial charge in [-0.05, 0) is 36.7 Å². The molecule has 0 aliphatic rings. The van der Waals surface area contributed by atoms with E-state index in [0.29, 0.717) is 0 Å². The van der Waals surface area contributed by atoms with Crippen LogP contribution in [0.3, 0.4) is 0 Å². The molecular formula is C16H22FN3. The normalized spacial score (nSPS) is 12.6. The zero-order valence-electron chi connectivity index (χ0n) is 12.4. The van der Waals surface area contributed by atoms with Crippen molar-refractivity contribution in [3.63, 3.8) is 0 Å². The predicted molar refractivity (Wildman–Crippen MR) is 79.1 cm³/mol. The smallest absolute Gasteiger partial charge is 0.123 e. The van der Waals surface area contributed by atoms with Crippen LogP contribution in [0.5, 0.6) is 0 Å². The average molecular weight is 275 g/mol. The molecule has 0 spiro atoms. The summed E-state index contributed by atoms with van der Waals surface area (Å²) in [6.07, 6.45) is 1.79. The van der Waals surface area contributed by atoms with Crippen LogP contribution in [0.4, 0.5) is 4.39 Å². The van der Waals surface area contributed by atoms with Crippen LogP contribution in [0.25, 0.3) is 0 Å². The molecule has 1 atom stereocenters. The van der Waals surface area contributed by atoms with Crippen molar-refractivity contribution in [2.45, 2.75) is 32.7 Å². The maximum Gasteiger partial charge on any atom is 0.123 e. The molecule has 0 saturated carbocycles. The predicted octanol–water partition coefficient (Wildman–Crippen LogP) is 3.01. The maximum absolute atomic E-state index is 13.0. The highest BCUT2D eigenvalue weighted by molar-refractivity contribution is 5.22. The van der Waals surface area contributed by atoms with Crippen molar-refractivity contribution in [2.75, 3.05) is 6.54 Å². The lowest BCUT2D eigenvalue weighted by Gasteiger charge is -2.18. The summed E-state index contributed by atoms with van der Waals surface area (Å²) < 4.78 is 15.0. The number of hydrogen-bond acceptors (Lipinski definition) is 2. The number of nitrogens with zero attached hydrogens (tertiary/aromatic N) is 2. The first kappa shape index (κ1) is 14.7.